The highest BCUT2D eigenvalue weighted by Crippen LogP contribution is 2.17. The third-order valence-electron chi connectivity index (χ3n) is 2.68. The molecule has 0 saturated carbocycles. The van der Waals surface area contributed by atoms with Gasteiger partial charge in [-0.05, 0) is 22.9 Å². The van der Waals surface area contributed by atoms with Crippen LogP contribution in [0.1, 0.15) is 16.1 Å². The van der Waals surface area contributed by atoms with Gasteiger partial charge in [0.2, 0.25) is 0 Å². The van der Waals surface area contributed by atoms with E-state index in [1.54, 1.807) is 14.0 Å². The van der Waals surface area contributed by atoms with Crippen LogP contribution in [0.2, 0.25) is 0 Å². The summed E-state index contributed by atoms with van der Waals surface area (Å²) in [5, 5.41) is 3.87. The summed E-state index contributed by atoms with van der Waals surface area (Å²) in [4.78, 5) is 33.6. The molecule has 104 valence electrons. The van der Waals surface area contributed by atoms with E-state index in [2.05, 4.69) is 31.0 Å². The second-order valence-corrected chi connectivity index (χ2v) is 5.01. The quantitative estimate of drug-likeness (QED) is 0.619. The summed E-state index contributed by atoms with van der Waals surface area (Å²) in [7, 11) is 3.16. The van der Waals surface area contributed by atoms with Crippen molar-refractivity contribution in [1.82, 2.24) is 19.7 Å². The minimum atomic E-state index is -0.683. The fourth-order valence-electron chi connectivity index (χ4n) is 1.69. The lowest BCUT2D eigenvalue weighted by molar-refractivity contribution is -0.114. The maximum absolute atomic E-state index is 12.2. The van der Waals surface area contributed by atoms with E-state index >= 15 is 0 Å². The average molecular weight is 338 g/mol. The number of aryl methyl sites for hydroxylation is 2. The molecule has 0 aliphatic rings. The molecule has 0 aliphatic heterocycles. The Balaban J connectivity index is 2.26. The molecular formula is C12H12BrN5O2. The number of amides is 1. The van der Waals surface area contributed by atoms with Crippen LogP contribution in [0.25, 0.3) is 0 Å². The van der Waals surface area contributed by atoms with E-state index < -0.39 is 11.7 Å². The number of rotatable bonds is 3. The summed E-state index contributed by atoms with van der Waals surface area (Å²) in [6.07, 6.45) is 4.32. The number of ketones is 1. The van der Waals surface area contributed by atoms with Crippen molar-refractivity contribution in [3.8, 4) is 0 Å². The molecule has 0 bridgehead atoms. The third kappa shape index (κ3) is 2.74. The molecule has 7 nitrogen and oxygen atoms in total. The summed E-state index contributed by atoms with van der Waals surface area (Å²) in [6, 6.07) is 0. The molecule has 2 rings (SSSR count). The van der Waals surface area contributed by atoms with Crippen LogP contribution in [0.4, 0.5) is 5.82 Å². The van der Waals surface area contributed by atoms with Gasteiger partial charge in [0.1, 0.15) is 4.60 Å². The number of hydrogen-bond acceptors (Lipinski definition) is 5. The van der Waals surface area contributed by atoms with Crippen LogP contribution in [0, 0.1) is 6.92 Å². The molecule has 0 N–H and O–H groups in total. The second-order valence-electron chi connectivity index (χ2n) is 4.20. The van der Waals surface area contributed by atoms with Crippen molar-refractivity contribution in [2.75, 3.05) is 11.9 Å². The van der Waals surface area contributed by atoms with E-state index in [0.29, 0.717) is 16.1 Å². The molecule has 2 aromatic rings. The predicted molar refractivity (Wildman–Crippen MR) is 75.4 cm³/mol. The standard InChI is InChI=1S/C12H12BrN5O2/c1-7-11(14-5-9(13)16-7)18(3)12(20)10(19)8-4-15-17(2)6-8/h4-6H,1-3H3. The van der Waals surface area contributed by atoms with E-state index in [4.69, 9.17) is 0 Å². The zero-order valence-electron chi connectivity index (χ0n) is 11.2. The molecule has 8 heteroatoms. The van der Waals surface area contributed by atoms with Gasteiger partial charge in [-0.2, -0.15) is 5.10 Å². The normalized spacial score (nSPS) is 10.4. The summed E-state index contributed by atoms with van der Waals surface area (Å²) in [5.41, 5.74) is 0.793. The molecular weight excluding hydrogens is 326 g/mol. The van der Waals surface area contributed by atoms with Gasteiger partial charge in [0.25, 0.3) is 11.7 Å². The minimum absolute atomic E-state index is 0.243. The van der Waals surface area contributed by atoms with Crippen LogP contribution in [0.15, 0.2) is 23.2 Å². The smallest absolute Gasteiger partial charge is 0.291 e. The first-order chi connectivity index (χ1) is 9.40. The molecule has 0 unspecified atom stereocenters. The van der Waals surface area contributed by atoms with Crippen LogP contribution in [-0.2, 0) is 11.8 Å². The zero-order chi connectivity index (χ0) is 14.9. The van der Waals surface area contributed by atoms with Crippen LogP contribution in [-0.4, -0.2) is 38.5 Å². The number of carbonyl (C=O) groups is 2. The maximum Gasteiger partial charge on any atom is 0.300 e. The first-order valence-corrected chi connectivity index (χ1v) is 6.49. The van der Waals surface area contributed by atoms with Crippen molar-refractivity contribution in [2.24, 2.45) is 7.05 Å². The number of aromatic nitrogens is 4. The Morgan fingerprint density at radius 2 is 2.05 bits per heavy atom. The first-order valence-electron chi connectivity index (χ1n) is 5.70. The van der Waals surface area contributed by atoms with Crippen LogP contribution in [0.3, 0.4) is 0 Å². The lowest BCUT2D eigenvalue weighted by Crippen LogP contribution is -2.34. The molecule has 0 saturated heterocycles. The molecule has 0 spiro atoms. The number of halogens is 1. The highest BCUT2D eigenvalue weighted by Gasteiger charge is 2.24. The molecule has 0 fully saturated rings. The van der Waals surface area contributed by atoms with Crippen molar-refractivity contribution in [3.63, 3.8) is 0 Å². The summed E-state index contributed by atoms with van der Waals surface area (Å²) >= 11 is 3.20. The molecule has 0 atom stereocenters. The Kier molecular flexibility index (Phi) is 3.93. The number of Topliss-reactive ketones (excluding diaryl/α,β-unsaturated/α-hetero) is 1. The SMILES string of the molecule is Cc1nc(Br)cnc1N(C)C(=O)C(=O)c1cnn(C)c1. The van der Waals surface area contributed by atoms with Gasteiger partial charge in [-0.3, -0.25) is 19.2 Å². The highest BCUT2D eigenvalue weighted by molar-refractivity contribution is 9.10. The Morgan fingerprint density at radius 3 is 2.60 bits per heavy atom. The van der Waals surface area contributed by atoms with E-state index in [9.17, 15) is 9.59 Å². The summed E-state index contributed by atoms with van der Waals surface area (Å²) in [5.74, 6) is -0.974. The van der Waals surface area contributed by atoms with E-state index in [-0.39, 0.29) is 5.56 Å². The zero-order valence-corrected chi connectivity index (χ0v) is 12.7. The summed E-state index contributed by atoms with van der Waals surface area (Å²) in [6.45, 7) is 1.71. The van der Waals surface area contributed by atoms with E-state index in [1.165, 1.54) is 35.2 Å². The number of nitrogens with zero attached hydrogens (tertiary/aromatic N) is 5. The predicted octanol–water partition coefficient (Wildman–Crippen LogP) is 1.13. The van der Waals surface area contributed by atoms with E-state index in [0.717, 1.165) is 0 Å². The van der Waals surface area contributed by atoms with Crippen molar-refractivity contribution in [3.05, 3.63) is 34.5 Å². The lowest BCUT2D eigenvalue weighted by Gasteiger charge is -2.16. The minimum Gasteiger partial charge on any atom is -0.291 e. The molecule has 2 aromatic heterocycles. The van der Waals surface area contributed by atoms with Gasteiger partial charge in [0, 0.05) is 20.3 Å². The summed E-state index contributed by atoms with van der Waals surface area (Å²) < 4.78 is 2.03. The van der Waals surface area contributed by atoms with E-state index in [1.807, 2.05) is 0 Å². The molecule has 1 amide bonds. The van der Waals surface area contributed by atoms with Gasteiger partial charge in [0.05, 0.1) is 23.7 Å². The molecule has 2 heterocycles. The monoisotopic (exact) mass is 337 g/mol. The number of anilines is 1. The van der Waals surface area contributed by atoms with Crippen LogP contribution in [0.5, 0.6) is 0 Å². The largest absolute Gasteiger partial charge is 0.300 e. The van der Waals surface area contributed by atoms with Crippen LogP contribution < -0.4 is 4.90 Å². The topological polar surface area (TPSA) is 81.0 Å². The second kappa shape index (κ2) is 5.49. The van der Waals surface area contributed by atoms with Gasteiger partial charge in [0.15, 0.2) is 5.82 Å². The number of carbonyl (C=O) groups excluding carboxylic acids is 2. The molecule has 20 heavy (non-hydrogen) atoms. The fourth-order valence-corrected chi connectivity index (χ4v) is 2.06. The van der Waals surface area contributed by atoms with Gasteiger partial charge < -0.3 is 0 Å². The Labute approximate surface area is 123 Å². The number of likely N-dealkylation sites (N-methyl/N-ethyl adjacent to an activating group) is 1. The van der Waals surface area contributed by atoms with Crippen LogP contribution >= 0.6 is 15.9 Å². The third-order valence-corrected chi connectivity index (χ3v) is 3.06. The highest BCUT2D eigenvalue weighted by atomic mass is 79.9. The van der Waals surface area contributed by atoms with Crippen molar-refractivity contribution < 1.29 is 9.59 Å². The van der Waals surface area contributed by atoms with Gasteiger partial charge >= 0.3 is 0 Å². The van der Waals surface area contributed by atoms with Gasteiger partial charge in [-0.15, -0.1) is 0 Å². The fraction of sp³-hybridized carbons (Fsp3) is 0.250. The van der Waals surface area contributed by atoms with Gasteiger partial charge in [-0.1, -0.05) is 0 Å². The average Bonchev–Trinajstić information content (AvgIpc) is 2.83. The maximum atomic E-state index is 12.2. The first kappa shape index (κ1) is 14.3. The van der Waals surface area contributed by atoms with Gasteiger partial charge in [-0.25, -0.2) is 9.97 Å². The lowest BCUT2D eigenvalue weighted by atomic mass is 10.2. The molecule has 0 aromatic carbocycles. The Bertz CT molecular complexity index is 682. The Hall–Kier alpha value is -2.09. The molecule has 0 aliphatic carbocycles. The van der Waals surface area contributed by atoms with Crippen molar-refractivity contribution in [2.45, 2.75) is 6.92 Å². The molecule has 0 radical (unpaired) electrons. The number of hydrogen-bond donors (Lipinski definition) is 0. The Morgan fingerprint density at radius 1 is 1.35 bits per heavy atom. The van der Waals surface area contributed by atoms with Crippen molar-refractivity contribution >= 4 is 33.4 Å². The van der Waals surface area contributed by atoms with Crippen molar-refractivity contribution in [1.29, 1.82) is 0 Å².